The van der Waals surface area contributed by atoms with E-state index in [0.717, 1.165) is 0 Å². The molecule has 4 rings (SSSR count). The van der Waals surface area contributed by atoms with Crippen molar-refractivity contribution in [2.75, 3.05) is 5.32 Å². The minimum absolute atomic E-state index is 0.140. The fourth-order valence-corrected chi connectivity index (χ4v) is 3.15. The van der Waals surface area contributed by atoms with Gasteiger partial charge in [-0.15, -0.1) is 10.2 Å². The van der Waals surface area contributed by atoms with E-state index >= 15 is 0 Å². The molecule has 0 aliphatic heterocycles. The third kappa shape index (κ3) is 2.86. The number of anilines is 1. The highest BCUT2D eigenvalue weighted by molar-refractivity contribution is 7.13. The number of benzene rings is 2. The molecular formula is C18H13N5O2S. The summed E-state index contributed by atoms with van der Waals surface area (Å²) in [5, 5.41) is 11.1. The van der Waals surface area contributed by atoms with Crippen molar-refractivity contribution in [1.82, 2.24) is 19.7 Å². The highest BCUT2D eigenvalue weighted by Crippen LogP contribution is 2.15. The molecule has 8 heteroatoms. The molecule has 26 heavy (non-hydrogen) atoms. The Hall–Kier alpha value is -3.39. The van der Waals surface area contributed by atoms with Crippen LogP contribution in [-0.2, 0) is 0 Å². The number of amides is 1. The summed E-state index contributed by atoms with van der Waals surface area (Å²) in [6, 6.07) is 14.0. The van der Waals surface area contributed by atoms with E-state index in [2.05, 4.69) is 20.5 Å². The summed E-state index contributed by atoms with van der Waals surface area (Å²) in [7, 11) is 0. The second kappa shape index (κ2) is 6.49. The van der Waals surface area contributed by atoms with Gasteiger partial charge in [0.05, 0.1) is 16.6 Å². The number of hydrogen-bond donors (Lipinski definition) is 1. The number of aryl methyl sites for hydroxylation is 1. The molecule has 7 nitrogen and oxygen atoms in total. The first-order valence-electron chi connectivity index (χ1n) is 7.80. The number of hydrogen-bond acceptors (Lipinski definition) is 6. The summed E-state index contributed by atoms with van der Waals surface area (Å²) in [5.74, 6) is 0.300. The first-order chi connectivity index (χ1) is 12.6. The van der Waals surface area contributed by atoms with Crippen molar-refractivity contribution in [3.63, 3.8) is 0 Å². The van der Waals surface area contributed by atoms with Crippen LogP contribution in [0.2, 0.25) is 0 Å². The summed E-state index contributed by atoms with van der Waals surface area (Å²) in [6.45, 7) is 1.78. The standard InChI is InChI=1S/C18H13N5O2S/c1-11-20-15-5-3-2-4-14(15)17(25)23(11)13-8-6-12(7-9-13)16(24)21-18-22-19-10-26-18/h2-10H,1H3,(H,21,22,24). The zero-order valence-electron chi connectivity index (χ0n) is 13.7. The average Bonchev–Trinajstić information content (AvgIpc) is 3.15. The Bertz CT molecular complexity index is 1150. The van der Waals surface area contributed by atoms with E-state index in [1.165, 1.54) is 15.9 Å². The predicted molar refractivity (Wildman–Crippen MR) is 99.9 cm³/mol. The number of nitrogens with zero attached hydrogens (tertiary/aromatic N) is 4. The number of aromatic nitrogens is 4. The van der Waals surface area contributed by atoms with Crippen LogP contribution < -0.4 is 10.9 Å². The van der Waals surface area contributed by atoms with Crippen LogP contribution in [0.15, 0.2) is 58.8 Å². The number of fused-ring (bicyclic) bond motifs is 1. The average molecular weight is 363 g/mol. The molecule has 128 valence electrons. The van der Waals surface area contributed by atoms with Gasteiger partial charge < -0.3 is 0 Å². The van der Waals surface area contributed by atoms with Gasteiger partial charge in [-0.2, -0.15) is 0 Å². The molecule has 2 heterocycles. The van der Waals surface area contributed by atoms with Crippen LogP contribution in [0.4, 0.5) is 5.13 Å². The highest BCUT2D eigenvalue weighted by atomic mass is 32.1. The molecule has 0 fully saturated rings. The maximum Gasteiger partial charge on any atom is 0.265 e. The molecule has 2 aromatic heterocycles. The lowest BCUT2D eigenvalue weighted by molar-refractivity contribution is 0.102. The molecule has 0 spiro atoms. The maximum atomic E-state index is 12.8. The first kappa shape index (κ1) is 16.1. The van der Waals surface area contributed by atoms with Gasteiger partial charge in [0.15, 0.2) is 0 Å². The van der Waals surface area contributed by atoms with Gasteiger partial charge in [0, 0.05) is 5.56 Å². The highest BCUT2D eigenvalue weighted by Gasteiger charge is 2.12. The van der Waals surface area contributed by atoms with E-state index in [0.29, 0.717) is 33.1 Å². The predicted octanol–water partition coefficient (Wildman–Crippen LogP) is 2.80. The van der Waals surface area contributed by atoms with Crippen molar-refractivity contribution in [3.05, 3.63) is 75.8 Å². The van der Waals surface area contributed by atoms with E-state index in [-0.39, 0.29) is 11.5 Å². The summed E-state index contributed by atoms with van der Waals surface area (Å²) in [4.78, 5) is 29.5. The minimum Gasteiger partial charge on any atom is -0.296 e. The Balaban J connectivity index is 1.70. The quantitative estimate of drug-likeness (QED) is 0.604. The molecule has 0 saturated heterocycles. The van der Waals surface area contributed by atoms with E-state index in [1.54, 1.807) is 42.8 Å². The van der Waals surface area contributed by atoms with Crippen LogP contribution in [0.1, 0.15) is 16.2 Å². The molecule has 4 aromatic rings. The molecule has 0 saturated carbocycles. The summed E-state index contributed by atoms with van der Waals surface area (Å²) < 4.78 is 1.54. The Kier molecular flexibility index (Phi) is 4.02. The van der Waals surface area contributed by atoms with Crippen molar-refractivity contribution in [2.45, 2.75) is 6.92 Å². The molecule has 0 atom stereocenters. The Morgan fingerprint density at radius 1 is 1.12 bits per heavy atom. The van der Waals surface area contributed by atoms with E-state index in [9.17, 15) is 9.59 Å². The number of carbonyl (C=O) groups excluding carboxylic acids is 1. The van der Waals surface area contributed by atoms with Crippen LogP contribution in [0.5, 0.6) is 0 Å². The third-order valence-electron chi connectivity index (χ3n) is 3.91. The molecule has 0 radical (unpaired) electrons. The molecule has 0 unspecified atom stereocenters. The van der Waals surface area contributed by atoms with Crippen molar-refractivity contribution in [2.24, 2.45) is 0 Å². The molecule has 2 aromatic carbocycles. The van der Waals surface area contributed by atoms with Crippen molar-refractivity contribution in [1.29, 1.82) is 0 Å². The van der Waals surface area contributed by atoms with Gasteiger partial charge in [-0.3, -0.25) is 19.5 Å². The normalized spacial score (nSPS) is 10.8. The van der Waals surface area contributed by atoms with Crippen LogP contribution >= 0.6 is 11.3 Å². The first-order valence-corrected chi connectivity index (χ1v) is 8.68. The largest absolute Gasteiger partial charge is 0.296 e. The number of carbonyl (C=O) groups is 1. The summed E-state index contributed by atoms with van der Waals surface area (Å²) in [6.07, 6.45) is 0. The second-order valence-electron chi connectivity index (χ2n) is 5.56. The Labute approximate surface area is 152 Å². The van der Waals surface area contributed by atoms with Gasteiger partial charge in [0.1, 0.15) is 11.3 Å². The van der Waals surface area contributed by atoms with E-state index < -0.39 is 0 Å². The van der Waals surface area contributed by atoms with Gasteiger partial charge in [-0.1, -0.05) is 23.5 Å². The maximum absolute atomic E-state index is 12.8. The number of rotatable bonds is 3. The van der Waals surface area contributed by atoms with Crippen LogP contribution in [0.25, 0.3) is 16.6 Å². The molecule has 0 aliphatic rings. The lowest BCUT2D eigenvalue weighted by Gasteiger charge is -2.11. The van der Waals surface area contributed by atoms with Crippen LogP contribution in [0, 0.1) is 6.92 Å². The Morgan fingerprint density at radius 3 is 2.62 bits per heavy atom. The van der Waals surface area contributed by atoms with Crippen molar-refractivity contribution in [3.8, 4) is 5.69 Å². The molecular weight excluding hydrogens is 350 g/mol. The fourth-order valence-electron chi connectivity index (χ4n) is 2.71. The van der Waals surface area contributed by atoms with E-state index in [4.69, 9.17) is 0 Å². The van der Waals surface area contributed by atoms with Gasteiger partial charge in [-0.05, 0) is 43.3 Å². The molecule has 0 aliphatic carbocycles. The van der Waals surface area contributed by atoms with Crippen molar-refractivity contribution < 1.29 is 4.79 Å². The molecule has 0 bridgehead atoms. The SMILES string of the molecule is Cc1nc2ccccc2c(=O)n1-c1ccc(C(=O)Nc2nncs2)cc1. The Morgan fingerprint density at radius 2 is 1.88 bits per heavy atom. The summed E-state index contributed by atoms with van der Waals surface area (Å²) >= 11 is 1.24. The number of para-hydroxylation sites is 1. The van der Waals surface area contributed by atoms with Gasteiger partial charge in [0.25, 0.3) is 11.5 Å². The lowest BCUT2D eigenvalue weighted by atomic mass is 10.2. The molecule has 1 amide bonds. The molecule has 1 N–H and O–H groups in total. The second-order valence-corrected chi connectivity index (χ2v) is 6.39. The van der Waals surface area contributed by atoms with Crippen molar-refractivity contribution >= 4 is 33.3 Å². The number of nitrogens with one attached hydrogen (secondary N) is 1. The van der Waals surface area contributed by atoms with Crippen LogP contribution in [0.3, 0.4) is 0 Å². The topological polar surface area (TPSA) is 89.8 Å². The minimum atomic E-state index is -0.283. The fraction of sp³-hybridized carbons (Fsp3) is 0.0556. The van der Waals surface area contributed by atoms with Gasteiger partial charge in [0.2, 0.25) is 5.13 Å². The lowest BCUT2D eigenvalue weighted by Crippen LogP contribution is -2.22. The van der Waals surface area contributed by atoms with Gasteiger partial charge >= 0.3 is 0 Å². The monoisotopic (exact) mass is 363 g/mol. The van der Waals surface area contributed by atoms with Crippen LogP contribution in [-0.4, -0.2) is 25.7 Å². The zero-order valence-corrected chi connectivity index (χ0v) is 14.5. The third-order valence-corrected chi connectivity index (χ3v) is 4.52. The zero-order chi connectivity index (χ0) is 18.1. The smallest absolute Gasteiger partial charge is 0.265 e. The van der Waals surface area contributed by atoms with Gasteiger partial charge in [-0.25, -0.2) is 4.98 Å². The van der Waals surface area contributed by atoms with E-state index in [1.807, 2.05) is 18.2 Å². The summed E-state index contributed by atoms with van der Waals surface area (Å²) in [5.41, 5.74) is 3.18.